The van der Waals surface area contributed by atoms with Gasteiger partial charge in [-0.15, -0.1) is 0 Å². The van der Waals surface area contributed by atoms with Crippen molar-refractivity contribution in [2.75, 3.05) is 13.1 Å². The maximum atomic E-state index is 12.4. The molecule has 1 aliphatic heterocycles. The predicted octanol–water partition coefficient (Wildman–Crippen LogP) is 3.34. The summed E-state index contributed by atoms with van der Waals surface area (Å²) in [6.07, 6.45) is 6.06. The zero-order valence-corrected chi connectivity index (χ0v) is 12.6. The number of amides is 1. The zero-order valence-electron chi connectivity index (χ0n) is 12.6. The molecule has 1 amide bonds. The summed E-state index contributed by atoms with van der Waals surface area (Å²) < 4.78 is 2.11. The van der Waals surface area contributed by atoms with Crippen molar-refractivity contribution in [3.63, 3.8) is 0 Å². The normalized spacial score (nSPS) is 15.2. The maximum Gasteiger partial charge on any atom is 0.228 e. The van der Waals surface area contributed by atoms with Crippen LogP contribution < -0.4 is 0 Å². The number of aromatic nitrogens is 1. The molecule has 1 aromatic carbocycles. The molecule has 1 saturated heterocycles. The van der Waals surface area contributed by atoms with Crippen LogP contribution >= 0.6 is 0 Å². The van der Waals surface area contributed by atoms with E-state index in [4.69, 9.17) is 0 Å². The first-order valence-electron chi connectivity index (χ1n) is 7.75. The van der Waals surface area contributed by atoms with Gasteiger partial charge in [0, 0.05) is 30.7 Å². The summed E-state index contributed by atoms with van der Waals surface area (Å²) in [6, 6.07) is 12.5. The quantitative estimate of drug-likeness (QED) is 0.847. The van der Waals surface area contributed by atoms with Crippen molar-refractivity contribution >= 4 is 5.91 Å². The van der Waals surface area contributed by atoms with Crippen LogP contribution in [-0.4, -0.2) is 28.5 Å². The zero-order chi connectivity index (χ0) is 14.7. The highest BCUT2D eigenvalue weighted by molar-refractivity contribution is 5.78. The number of nitrogens with zero attached hydrogens (tertiary/aromatic N) is 2. The number of hydrogen-bond acceptors (Lipinski definition) is 1. The summed E-state index contributed by atoms with van der Waals surface area (Å²) in [5.41, 5.74) is 3.43. The van der Waals surface area contributed by atoms with Crippen LogP contribution in [0.4, 0.5) is 0 Å². The molecule has 0 saturated carbocycles. The predicted molar refractivity (Wildman–Crippen MR) is 84.6 cm³/mol. The monoisotopic (exact) mass is 282 g/mol. The van der Waals surface area contributed by atoms with Gasteiger partial charge in [-0.3, -0.25) is 4.79 Å². The molecule has 1 fully saturated rings. The van der Waals surface area contributed by atoms with Gasteiger partial charge in [-0.25, -0.2) is 0 Å². The lowest BCUT2D eigenvalue weighted by atomic mass is 10.1. The molecule has 0 unspecified atom stereocenters. The molecule has 0 bridgehead atoms. The highest BCUT2D eigenvalue weighted by atomic mass is 16.2. The van der Waals surface area contributed by atoms with Gasteiger partial charge in [-0.2, -0.15) is 0 Å². The number of carbonyl (C=O) groups is 1. The van der Waals surface area contributed by atoms with Gasteiger partial charge in [0.1, 0.15) is 0 Å². The van der Waals surface area contributed by atoms with E-state index in [0.717, 1.165) is 37.3 Å². The van der Waals surface area contributed by atoms with Crippen LogP contribution in [0.2, 0.25) is 0 Å². The smallest absolute Gasteiger partial charge is 0.228 e. The van der Waals surface area contributed by atoms with E-state index in [2.05, 4.69) is 35.8 Å². The Hall–Kier alpha value is -2.03. The molecule has 3 rings (SSSR count). The van der Waals surface area contributed by atoms with Crippen molar-refractivity contribution in [3.8, 4) is 5.69 Å². The Morgan fingerprint density at radius 3 is 2.48 bits per heavy atom. The van der Waals surface area contributed by atoms with Gasteiger partial charge in [0.2, 0.25) is 5.91 Å². The van der Waals surface area contributed by atoms with E-state index in [1.165, 1.54) is 12.0 Å². The molecule has 0 N–H and O–H groups in total. The van der Waals surface area contributed by atoms with Crippen molar-refractivity contribution < 1.29 is 4.79 Å². The minimum Gasteiger partial charge on any atom is -0.342 e. The Bertz CT molecular complexity index is 606. The Morgan fingerprint density at radius 1 is 1.05 bits per heavy atom. The van der Waals surface area contributed by atoms with Gasteiger partial charge in [0.05, 0.1) is 6.42 Å². The van der Waals surface area contributed by atoms with Crippen molar-refractivity contribution in [1.82, 2.24) is 9.47 Å². The van der Waals surface area contributed by atoms with Crippen LogP contribution in [0.15, 0.2) is 42.6 Å². The highest BCUT2D eigenvalue weighted by Gasteiger charge is 2.18. The fourth-order valence-electron chi connectivity index (χ4n) is 2.93. The largest absolute Gasteiger partial charge is 0.342 e. The van der Waals surface area contributed by atoms with Crippen LogP contribution in [-0.2, 0) is 11.2 Å². The molecule has 2 heterocycles. The number of benzene rings is 1. The lowest BCUT2D eigenvalue weighted by Crippen LogP contribution is -2.36. The van der Waals surface area contributed by atoms with Crippen molar-refractivity contribution in [2.45, 2.75) is 32.6 Å². The first-order chi connectivity index (χ1) is 10.2. The Labute approximate surface area is 126 Å². The van der Waals surface area contributed by atoms with Crippen molar-refractivity contribution in [1.29, 1.82) is 0 Å². The fraction of sp³-hybridized carbons (Fsp3) is 0.389. The number of rotatable bonds is 3. The molecule has 0 radical (unpaired) electrons. The first-order valence-corrected chi connectivity index (χ1v) is 7.75. The molecule has 1 aliphatic rings. The van der Waals surface area contributed by atoms with Gasteiger partial charge >= 0.3 is 0 Å². The third-order valence-corrected chi connectivity index (χ3v) is 4.19. The number of carbonyl (C=O) groups excluding carboxylic acids is 1. The molecule has 3 heteroatoms. The Balaban J connectivity index is 1.76. The molecule has 0 atom stereocenters. The summed E-state index contributed by atoms with van der Waals surface area (Å²) in [5.74, 6) is 0.252. The number of likely N-dealkylation sites (tertiary alicyclic amines) is 1. The van der Waals surface area contributed by atoms with Crippen LogP contribution in [0.1, 0.15) is 30.5 Å². The number of hydrogen-bond donors (Lipinski definition) is 0. The van der Waals surface area contributed by atoms with E-state index < -0.39 is 0 Å². The lowest BCUT2D eigenvalue weighted by molar-refractivity contribution is -0.131. The van der Waals surface area contributed by atoms with E-state index in [1.807, 2.05) is 23.2 Å². The first kappa shape index (κ1) is 13.9. The molecule has 0 spiro atoms. The standard InChI is InChI=1S/C18H22N2O/c1-15-7-9-16(10-8-15)20-13-5-6-17(20)14-18(21)19-11-3-2-4-12-19/h5-10,13H,2-4,11-12,14H2,1H3. The summed E-state index contributed by atoms with van der Waals surface area (Å²) in [6.45, 7) is 3.92. The number of piperidine rings is 1. The molecule has 2 aromatic rings. The molecule has 0 aliphatic carbocycles. The van der Waals surface area contributed by atoms with Crippen LogP contribution in [0.25, 0.3) is 5.69 Å². The summed E-state index contributed by atoms with van der Waals surface area (Å²) in [4.78, 5) is 14.4. The second kappa shape index (κ2) is 6.17. The van der Waals surface area contributed by atoms with E-state index >= 15 is 0 Å². The van der Waals surface area contributed by atoms with Gasteiger partial charge in [-0.1, -0.05) is 17.7 Å². The molecule has 21 heavy (non-hydrogen) atoms. The second-order valence-corrected chi connectivity index (χ2v) is 5.82. The molecular formula is C18H22N2O. The highest BCUT2D eigenvalue weighted by Crippen LogP contribution is 2.16. The average Bonchev–Trinajstić information content (AvgIpc) is 2.97. The van der Waals surface area contributed by atoms with Crippen molar-refractivity contribution in [2.24, 2.45) is 0 Å². The molecule has 3 nitrogen and oxygen atoms in total. The molecular weight excluding hydrogens is 260 g/mol. The third kappa shape index (κ3) is 3.18. The van der Waals surface area contributed by atoms with Crippen LogP contribution in [0.5, 0.6) is 0 Å². The summed E-state index contributed by atoms with van der Waals surface area (Å²) >= 11 is 0. The lowest BCUT2D eigenvalue weighted by Gasteiger charge is -2.27. The SMILES string of the molecule is Cc1ccc(-n2cccc2CC(=O)N2CCCCC2)cc1. The van der Waals surface area contributed by atoms with Gasteiger partial charge in [0.25, 0.3) is 0 Å². The Morgan fingerprint density at radius 2 is 1.76 bits per heavy atom. The van der Waals surface area contributed by atoms with E-state index in [1.54, 1.807) is 0 Å². The number of aryl methyl sites for hydroxylation is 1. The Kier molecular flexibility index (Phi) is 4.09. The minimum absolute atomic E-state index is 0.252. The minimum atomic E-state index is 0.252. The summed E-state index contributed by atoms with van der Waals surface area (Å²) in [5, 5.41) is 0. The average molecular weight is 282 g/mol. The van der Waals surface area contributed by atoms with Crippen LogP contribution in [0, 0.1) is 6.92 Å². The molecule has 110 valence electrons. The topological polar surface area (TPSA) is 25.2 Å². The molecule has 1 aromatic heterocycles. The maximum absolute atomic E-state index is 12.4. The second-order valence-electron chi connectivity index (χ2n) is 5.82. The third-order valence-electron chi connectivity index (χ3n) is 4.19. The van der Waals surface area contributed by atoms with Gasteiger partial charge < -0.3 is 9.47 Å². The van der Waals surface area contributed by atoms with Gasteiger partial charge in [0.15, 0.2) is 0 Å². The van der Waals surface area contributed by atoms with E-state index in [0.29, 0.717) is 6.42 Å². The fourth-order valence-corrected chi connectivity index (χ4v) is 2.93. The van der Waals surface area contributed by atoms with E-state index in [-0.39, 0.29) is 5.91 Å². The van der Waals surface area contributed by atoms with Crippen molar-refractivity contribution in [3.05, 3.63) is 53.9 Å². The summed E-state index contributed by atoms with van der Waals surface area (Å²) in [7, 11) is 0. The van der Waals surface area contributed by atoms with E-state index in [9.17, 15) is 4.79 Å². The van der Waals surface area contributed by atoms with Crippen LogP contribution in [0.3, 0.4) is 0 Å². The van der Waals surface area contributed by atoms with Gasteiger partial charge in [-0.05, 0) is 50.5 Å².